The third-order valence-electron chi connectivity index (χ3n) is 2.46. The molecular weight excluding hydrogens is 417 g/mol. The van der Waals surface area contributed by atoms with E-state index >= 15 is 0 Å². The molecule has 1 aromatic rings. The van der Waals surface area contributed by atoms with Crippen LogP contribution >= 0.6 is 32.6 Å². The van der Waals surface area contributed by atoms with Crippen molar-refractivity contribution in [2.75, 3.05) is 36.4 Å². The molecule has 0 bridgehead atoms. The standard InChI is InChI=1S/C14H26IN3O3S/c1-14(2,3)21-13(19)17-11-9-16-18(12(11)15)10-20-7-8-22(4,5)6/h9H,7-8,10H2,1-6H3,(H,17,19). The van der Waals surface area contributed by atoms with Gasteiger partial charge in [0.2, 0.25) is 0 Å². The van der Waals surface area contributed by atoms with Gasteiger partial charge in [0, 0.05) is 5.75 Å². The Labute approximate surface area is 147 Å². The number of rotatable bonds is 6. The van der Waals surface area contributed by atoms with E-state index in [9.17, 15) is 4.79 Å². The van der Waals surface area contributed by atoms with Crippen LogP contribution in [0, 0.1) is 3.70 Å². The highest BCUT2D eigenvalue weighted by Gasteiger charge is 2.18. The third-order valence-corrected chi connectivity index (χ3v) is 4.99. The first kappa shape index (κ1) is 19.6. The molecule has 0 aliphatic heterocycles. The summed E-state index contributed by atoms with van der Waals surface area (Å²) in [6, 6.07) is 0. The lowest BCUT2D eigenvalue weighted by molar-refractivity contribution is 0.0635. The molecule has 0 aliphatic rings. The number of hydrogen-bond acceptors (Lipinski definition) is 4. The van der Waals surface area contributed by atoms with Crippen molar-refractivity contribution in [1.29, 1.82) is 0 Å². The van der Waals surface area contributed by atoms with Crippen molar-refractivity contribution < 1.29 is 14.3 Å². The summed E-state index contributed by atoms with van der Waals surface area (Å²) < 4.78 is 13.4. The molecule has 1 rings (SSSR count). The molecule has 0 spiro atoms. The number of carbonyl (C=O) groups is 1. The summed E-state index contributed by atoms with van der Waals surface area (Å²) >= 11 is 2.13. The maximum atomic E-state index is 11.8. The van der Waals surface area contributed by atoms with Crippen LogP contribution in [0.2, 0.25) is 0 Å². The molecule has 0 saturated carbocycles. The number of nitrogens with one attached hydrogen (secondary N) is 1. The second kappa shape index (κ2) is 7.87. The van der Waals surface area contributed by atoms with Crippen molar-refractivity contribution in [3.05, 3.63) is 9.90 Å². The van der Waals surface area contributed by atoms with Crippen LogP contribution in [-0.4, -0.2) is 52.6 Å². The number of nitrogens with zero attached hydrogens (tertiary/aromatic N) is 2. The fraction of sp³-hybridized carbons (Fsp3) is 0.714. The Balaban J connectivity index is 2.50. The largest absolute Gasteiger partial charge is 0.444 e. The van der Waals surface area contributed by atoms with Gasteiger partial charge in [0.15, 0.2) is 0 Å². The van der Waals surface area contributed by atoms with Gasteiger partial charge in [-0.1, -0.05) is 0 Å². The SMILES string of the molecule is CC(C)(C)OC(=O)Nc1cnn(COCCS(C)(C)C)c1I. The Kier molecular flexibility index (Phi) is 7.00. The highest BCUT2D eigenvalue weighted by Crippen LogP contribution is 2.33. The minimum atomic E-state index is -0.547. The summed E-state index contributed by atoms with van der Waals surface area (Å²) in [6.07, 6.45) is 7.90. The van der Waals surface area contributed by atoms with E-state index in [0.717, 1.165) is 9.45 Å². The molecule has 0 aliphatic carbocycles. The summed E-state index contributed by atoms with van der Waals surface area (Å²) in [5.74, 6) is 1.06. The van der Waals surface area contributed by atoms with E-state index in [-0.39, 0.29) is 0 Å². The monoisotopic (exact) mass is 443 g/mol. The lowest BCUT2D eigenvalue weighted by Crippen LogP contribution is -2.27. The number of aromatic nitrogens is 2. The lowest BCUT2D eigenvalue weighted by atomic mass is 10.2. The van der Waals surface area contributed by atoms with Gasteiger partial charge in [-0.3, -0.25) is 5.32 Å². The molecule has 0 radical (unpaired) electrons. The Hall–Kier alpha value is -0.480. The van der Waals surface area contributed by atoms with Crippen molar-refractivity contribution in [2.45, 2.75) is 33.1 Å². The Morgan fingerprint density at radius 2 is 2.05 bits per heavy atom. The average molecular weight is 443 g/mol. The van der Waals surface area contributed by atoms with Gasteiger partial charge >= 0.3 is 6.09 Å². The normalized spacial score (nSPS) is 13.0. The summed E-state index contributed by atoms with van der Waals surface area (Å²) in [5.41, 5.74) is 0.101. The van der Waals surface area contributed by atoms with E-state index in [4.69, 9.17) is 9.47 Å². The van der Waals surface area contributed by atoms with Crippen LogP contribution < -0.4 is 5.32 Å². The first-order valence-corrected chi connectivity index (χ1v) is 11.0. The predicted octanol–water partition coefficient (Wildman–Crippen LogP) is 3.50. The maximum Gasteiger partial charge on any atom is 0.412 e. The predicted molar refractivity (Wildman–Crippen MR) is 101 cm³/mol. The minimum absolute atomic E-state index is 0.379. The van der Waals surface area contributed by atoms with E-state index in [2.05, 4.69) is 51.8 Å². The number of halogens is 1. The topological polar surface area (TPSA) is 65.4 Å². The fourth-order valence-corrected chi connectivity index (χ4v) is 2.57. The van der Waals surface area contributed by atoms with Crippen molar-refractivity contribution in [1.82, 2.24) is 9.78 Å². The van der Waals surface area contributed by atoms with Crippen molar-refractivity contribution in [2.24, 2.45) is 0 Å². The van der Waals surface area contributed by atoms with Crippen LogP contribution in [0.3, 0.4) is 0 Å². The lowest BCUT2D eigenvalue weighted by Gasteiger charge is -2.24. The van der Waals surface area contributed by atoms with E-state index in [0.29, 0.717) is 19.0 Å². The molecule has 0 fully saturated rings. The number of carbonyl (C=O) groups excluding carboxylic acids is 1. The summed E-state index contributed by atoms with van der Waals surface area (Å²) in [6.45, 7) is 6.57. The van der Waals surface area contributed by atoms with Gasteiger partial charge in [0.25, 0.3) is 0 Å². The molecule has 6 nitrogen and oxygen atoms in total. The van der Waals surface area contributed by atoms with Crippen molar-refractivity contribution >= 4 is 44.4 Å². The highest BCUT2D eigenvalue weighted by atomic mass is 127. The van der Waals surface area contributed by atoms with E-state index in [1.807, 2.05) is 20.8 Å². The van der Waals surface area contributed by atoms with Crippen LogP contribution in [0.15, 0.2) is 6.20 Å². The second-order valence-corrected chi connectivity index (χ2v) is 12.4. The van der Waals surface area contributed by atoms with Crippen LogP contribution in [-0.2, 0) is 16.2 Å². The Bertz CT molecular complexity index is 506. The van der Waals surface area contributed by atoms with Gasteiger partial charge in [-0.05, 0) is 62.1 Å². The average Bonchev–Trinajstić information content (AvgIpc) is 2.63. The number of hydrogen-bond donors (Lipinski definition) is 1. The van der Waals surface area contributed by atoms with Gasteiger partial charge in [-0.25, -0.2) is 19.5 Å². The summed E-state index contributed by atoms with van der Waals surface area (Å²) in [5, 5.41) is 6.92. The van der Waals surface area contributed by atoms with Gasteiger partial charge in [-0.2, -0.15) is 5.10 Å². The minimum Gasteiger partial charge on any atom is -0.444 e. The maximum absolute atomic E-state index is 11.8. The molecule has 1 amide bonds. The molecule has 8 heteroatoms. The van der Waals surface area contributed by atoms with Gasteiger partial charge in [-0.15, -0.1) is 0 Å². The molecule has 0 saturated heterocycles. The number of ether oxygens (including phenoxy) is 2. The molecule has 1 aromatic heterocycles. The molecule has 1 heterocycles. The summed E-state index contributed by atoms with van der Waals surface area (Å²) in [4.78, 5) is 11.8. The quantitative estimate of drug-likeness (QED) is 0.540. The van der Waals surface area contributed by atoms with Gasteiger partial charge in [0.1, 0.15) is 16.0 Å². The van der Waals surface area contributed by atoms with Gasteiger partial charge < -0.3 is 9.47 Å². The zero-order valence-electron chi connectivity index (χ0n) is 14.1. The molecule has 0 aromatic carbocycles. The Morgan fingerprint density at radius 1 is 1.41 bits per heavy atom. The first-order valence-electron chi connectivity index (χ1n) is 6.93. The van der Waals surface area contributed by atoms with Crippen LogP contribution in [0.5, 0.6) is 0 Å². The van der Waals surface area contributed by atoms with Crippen molar-refractivity contribution in [3.8, 4) is 0 Å². The Morgan fingerprint density at radius 3 is 2.59 bits per heavy atom. The van der Waals surface area contributed by atoms with E-state index in [1.54, 1.807) is 10.9 Å². The highest BCUT2D eigenvalue weighted by molar-refractivity contribution is 14.1. The molecule has 0 unspecified atom stereocenters. The zero-order chi connectivity index (χ0) is 17.0. The van der Waals surface area contributed by atoms with Crippen LogP contribution in [0.1, 0.15) is 20.8 Å². The van der Waals surface area contributed by atoms with Crippen molar-refractivity contribution in [3.63, 3.8) is 0 Å². The third kappa shape index (κ3) is 7.68. The van der Waals surface area contributed by atoms with Crippen LogP contribution in [0.25, 0.3) is 0 Å². The second-order valence-electron chi connectivity index (χ2n) is 6.81. The fourth-order valence-electron chi connectivity index (χ4n) is 1.42. The zero-order valence-corrected chi connectivity index (χ0v) is 17.1. The molecular formula is C14H26IN3O3S. The van der Waals surface area contributed by atoms with Gasteiger partial charge in [0.05, 0.1) is 18.5 Å². The number of amides is 1. The van der Waals surface area contributed by atoms with E-state index < -0.39 is 21.7 Å². The first-order chi connectivity index (χ1) is 9.98. The van der Waals surface area contributed by atoms with Crippen LogP contribution in [0.4, 0.5) is 10.5 Å². The summed E-state index contributed by atoms with van der Waals surface area (Å²) in [7, 11) is -0.547. The molecule has 0 atom stereocenters. The molecule has 22 heavy (non-hydrogen) atoms. The molecule has 1 N–H and O–H groups in total. The van der Waals surface area contributed by atoms with E-state index in [1.165, 1.54) is 0 Å². The smallest absolute Gasteiger partial charge is 0.412 e. The number of anilines is 1. The molecule has 128 valence electrons.